The molecule has 1 N–H and O–H groups in total. The average Bonchev–Trinajstić information content (AvgIpc) is 3.18. The van der Waals surface area contributed by atoms with Crippen molar-refractivity contribution in [1.82, 2.24) is 25.0 Å². The van der Waals surface area contributed by atoms with Crippen LogP contribution < -0.4 is 0 Å². The second kappa shape index (κ2) is 6.01. The first-order valence-electron chi connectivity index (χ1n) is 8.16. The summed E-state index contributed by atoms with van der Waals surface area (Å²) in [6.07, 6.45) is 0. The maximum absolute atomic E-state index is 6.02. The van der Waals surface area contributed by atoms with E-state index in [0.29, 0.717) is 0 Å². The summed E-state index contributed by atoms with van der Waals surface area (Å²) >= 11 is 6.02. The predicted octanol–water partition coefficient (Wildman–Crippen LogP) is 4.70. The van der Waals surface area contributed by atoms with Crippen LogP contribution in [0.5, 0.6) is 0 Å². The Morgan fingerprint density at radius 1 is 1.04 bits per heavy atom. The third-order valence-electron chi connectivity index (χ3n) is 4.62. The van der Waals surface area contributed by atoms with Gasteiger partial charge in [0.1, 0.15) is 5.82 Å². The summed E-state index contributed by atoms with van der Waals surface area (Å²) in [5, 5.41) is 17.9. The summed E-state index contributed by atoms with van der Waals surface area (Å²) < 4.78 is 2.15. The van der Waals surface area contributed by atoms with E-state index >= 15 is 0 Å². The molecule has 6 heteroatoms. The van der Waals surface area contributed by atoms with Crippen LogP contribution in [0.3, 0.4) is 0 Å². The molecule has 1 unspecified atom stereocenters. The second-order valence-electron chi connectivity index (χ2n) is 6.24. The van der Waals surface area contributed by atoms with Crippen LogP contribution in [0.4, 0.5) is 0 Å². The number of halogens is 1. The zero-order chi connectivity index (χ0) is 17.6. The third kappa shape index (κ3) is 2.70. The van der Waals surface area contributed by atoms with Gasteiger partial charge in [0.05, 0.1) is 17.3 Å². The molecule has 2 aromatic carbocycles. The lowest BCUT2D eigenvalue weighted by Gasteiger charge is -2.18. The number of benzene rings is 2. The van der Waals surface area contributed by atoms with E-state index in [4.69, 9.17) is 11.6 Å². The molecule has 5 nitrogen and oxygen atoms in total. The smallest absolute Gasteiger partial charge is 0.164 e. The Morgan fingerprint density at radius 2 is 1.80 bits per heavy atom. The van der Waals surface area contributed by atoms with Gasteiger partial charge in [-0.25, -0.2) is 0 Å². The molecule has 0 aliphatic carbocycles. The van der Waals surface area contributed by atoms with Crippen LogP contribution in [0.25, 0.3) is 22.3 Å². The van der Waals surface area contributed by atoms with E-state index in [9.17, 15) is 0 Å². The molecule has 0 aliphatic heterocycles. The van der Waals surface area contributed by atoms with Gasteiger partial charge >= 0.3 is 0 Å². The van der Waals surface area contributed by atoms with E-state index in [1.807, 2.05) is 44.2 Å². The van der Waals surface area contributed by atoms with Crippen LogP contribution in [0.15, 0.2) is 42.5 Å². The highest BCUT2D eigenvalue weighted by molar-refractivity contribution is 6.30. The number of H-pyrrole nitrogens is 1. The molecular weight excluding hydrogens is 334 g/mol. The van der Waals surface area contributed by atoms with Gasteiger partial charge in [0, 0.05) is 16.0 Å². The minimum absolute atomic E-state index is 0.100. The fraction of sp³-hybridized carbons (Fsp3) is 0.211. The van der Waals surface area contributed by atoms with Crippen LogP contribution in [-0.2, 0) is 0 Å². The molecule has 0 bridgehead atoms. The number of aromatic amines is 1. The summed E-state index contributed by atoms with van der Waals surface area (Å²) in [6.45, 7) is 6.12. The van der Waals surface area contributed by atoms with Crippen LogP contribution in [0.2, 0.25) is 5.02 Å². The average molecular weight is 352 g/mol. The minimum Gasteiger partial charge on any atom is -0.304 e. The van der Waals surface area contributed by atoms with Gasteiger partial charge in [-0.3, -0.25) is 5.10 Å². The van der Waals surface area contributed by atoms with Gasteiger partial charge in [0.2, 0.25) is 0 Å². The summed E-state index contributed by atoms with van der Waals surface area (Å²) in [4.78, 5) is 0. The van der Waals surface area contributed by atoms with E-state index in [1.165, 1.54) is 0 Å². The van der Waals surface area contributed by atoms with Crippen molar-refractivity contribution in [2.45, 2.75) is 26.8 Å². The van der Waals surface area contributed by atoms with Crippen molar-refractivity contribution in [3.63, 3.8) is 0 Å². The van der Waals surface area contributed by atoms with Crippen molar-refractivity contribution in [1.29, 1.82) is 0 Å². The number of nitrogens with zero attached hydrogens (tertiary/aromatic N) is 4. The van der Waals surface area contributed by atoms with E-state index in [-0.39, 0.29) is 6.04 Å². The molecule has 2 heterocycles. The summed E-state index contributed by atoms with van der Waals surface area (Å²) in [5.74, 6) is 1.73. The molecule has 0 saturated carbocycles. The maximum atomic E-state index is 6.02. The molecule has 1 atom stereocenters. The molecule has 0 aliphatic rings. The van der Waals surface area contributed by atoms with Crippen molar-refractivity contribution >= 4 is 22.5 Å². The lowest BCUT2D eigenvalue weighted by Crippen LogP contribution is -2.10. The molecule has 126 valence electrons. The zero-order valence-electron chi connectivity index (χ0n) is 14.3. The number of aryl methyl sites for hydroxylation is 2. The van der Waals surface area contributed by atoms with Gasteiger partial charge in [-0.15, -0.1) is 10.2 Å². The van der Waals surface area contributed by atoms with Crippen molar-refractivity contribution in [3.8, 4) is 11.4 Å². The number of aromatic nitrogens is 5. The van der Waals surface area contributed by atoms with Gasteiger partial charge in [0.15, 0.2) is 5.82 Å². The first-order chi connectivity index (χ1) is 12.0. The number of fused-ring (bicyclic) bond motifs is 1. The van der Waals surface area contributed by atoms with Gasteiger partial charge in [-0.05, 0) is 56.7 Å². The molecule has 0 fully saturated rings. The molecular formula is C19H18ClN5. The summed E-state index contributed by atoms with van der Waals surface area (Å²) in [6, 6.07) is 14.2. The molecule has 0 amide bonds. The Labute approximate surface area is 150 Å². The standard InChI is InChI=1S/C19H18ClN5/c1-11-17-10-15(6-9-18(17)23-21-11)19-24-22-13(3)25(19)12(2)14-4-7-16(20)8-5-14/h4-10,12H,1-3H3,(H,21,23). The third-order valence-corrected chi connectivity index (χ3v) is 4.87. The van der Waals surface area contributed by atoms with Crippen molar-refractivity contribution in [3.05, 3.63) is 64.6 Å². The predicted molar refractivity (Wildman–Crippen MR) is 99.8 cm³/mol. The molecule has 25 heavy (non-hydrogen) atoms. The lowest BCUT2D eigenvalue weighted by molar-refractivity contribution is 0.624. The minimum atomic E-state index is 0.100. The van der Waals surface area contributed by atoms with E-state index in [1.54, 1.807) is 0 Å². The molecule has 4 rings (SSSR count). The number of nitrogens with one attached hydrogen (secondary N) is 1. The Hall–Kier alpha value is -2.66. The monoisotopic (exact) mass is 351 g/mol. The quantitative estimate of drug-likeness (QED) is 0.582. The fourth-order valence-corrected chi connectivity index (χ4v) is 3.33. The second-order valence-corrected chi connectivity index (χ2v) is 6.67. The first kappa shape index (κ1) is 15.8. The lowest BCUT2D eigenvalue weighted by atomic mass is 10.1. The number of hydrogen-bond acceptors (Lipinski definition) is 3. The van der Waals surface area contributed by atoms with Gasteiger partial charge in [-0.1, -0.05) is 23.7 Å². The zero-order valence-corrected chi connectivity index (χ0v) is 15.0. The number of hydrogen-bond donors (Lipinski definition) is 1. The van der Waals surface area contributed by atoms with Crippen LogP contribution in [-0.4, -0.2) is 25.0 Å². The largest absolute Gasteiger partial charge is 0.304 e. The van der Waals surface area contributed by atoms with Crippen molar-refractivity contribution in [2.24, 2.45) is 0 Å². The maximum Gasteiger partial charge on any atom is 0.164 e. The highest BCUT2D eigenvalue weighted by atomic mass is 35.5. The van der Waals surface area contributed by atoms with E-state index in [0.717, 1.165) is 44.4 Å². The van der Waals surface area contributed by atoms with Gasteiger partial charge in [0.25, 0.3) is 0 Å². The fourth-order valence-electron chi connectivity index (χ4n) is 3.20. The molecule has 2 aromatic heterocycles. The molecule has 4 aromatic rings. The topological polar surface area (TPSA) is 59.4 Å². The van der Waals surface area contributed by atoms with Crippen LogP contribution in [0.1, 0.15) is 30.0 Å². The van der Waals surface area contributed by atoms with E-state index < -0.39 is 0 Å². The van der Waals surface area contributed by atoms with E-state index in [2.05, 4.69) is 44.0 Å². The molecule has 0 spiro atoms. The highest BCUT2D eigenvalue weighted by Gasteiger charge is 2.18. The SMILES string of the molecule is Cc1n[nH]c2ccc(-c3nnc(C)n3C(C)c3ccc(Cl)cc3)cc12. The normalized spacial score (nSPS) is 12.6. The highest BCUT2D eigenvalue weighted by Crippen LogP contribution is 2.29. The number of rotatable bonds is 3. The molecule has 0 saturated heterocycles. The Bertz CT molecular complexity index is 1050. The van der Waals surface area contributed by atoms with Gasteiger partial charge in [-0.2, -0.15) is 5.10 Å². The molecule has 0 radical (unpaired) electrons. The summed E-state index contributed by atoms with van der Waals surface area (Å²) in [5.41, 5.74) is 4.19. The van der Waals surface area contributed by atoms with Crippen molar-refractivity contribution < 1.29 is 0 Å². The Kier molecular flexibility index (Phi) is 3.81. The summed E-state index contributed by atoms with van der Waals surface area (Å²) in [7, 11) is 0. The Morgan fingerprint density at radius 3 is 2.56 bits per heavy atom. The Balaban J connectivity index is 1.83. The van der Waals surface area contributed by atoms with Crippen molar-refractivity contribution in [2.75, 3.05) is 0 Å². The van der Waals surface area contributed by atoms with Crippen LogP contribution >= 0.6 is 11.6 Å². The van der Waals surface area contributed by atoms with Crippen LogP contribution in [0, 0.1) is 13.8 Å². The first-order valence-corrected chi connectivity index (χ1v) is 8.54. The van der Waals surface area contributed by atoms with Gasteiger partial charge < -0.3 is 4.57 Å².